The number of rotatable bonds is 9. The molecule has 2 aromatic carbocycles. The van der Waals surface area contributed by atoms with Gasteiger partial charge in [0.2, 0.25) is 5.91 Å². The standard InChI is InChI=1S/C20H19BrClN3O6/c1-12-8-15(21)16(22)10-17(12)24-19(27)11-31-20(28)7-3-6-18(26)23-13-4-2-5-14(9-13)25(29)30/h2,4-5,8-10H,3,6-7,11H2,1H3,(H,23,26)(H,24,27). The Labute approximate surface area is 191 Å². The number of halogens is 2. The fraction of sp³-hybridized carbons (Fsp3) is 0.250. The summed E-state index contributed by atoms with van der Waals surface area (Å²) in [6.07, 6.45) is 0.155. The molecule has 0 saturated carbocycles. The molecule has 0 atom stereocenters. The van der Waals surface area contributed by atoms with E-state index in [9.17, 15) is 24.5 Å². The summed E-state index contributed by atoms with van der Waals surface area (Å²) in [5.74, 6) is -1.53. The van der Waals surface area contributed by atoms with E-state index in [2.05, 4.69) is 26.6 Å². The summed E-state index contributed by atoms with van der Waals surface area (Å²) in [6, 6.07) is 8.88. The van der Waals surface area contributed by atoms with E-state index in [-0.39, 0.29) is 24.9 Å². The lowest BCUT2D eigenvalue weighted by Gasteiger charge is -2.10. The molecule has 2 rings (SSSR count). The summed E-state index contributed by atoms with van der Waals surface area (Å²) >= 11 is 9.29. The maximum absolute atomic E-state index is 12.0. The Kier molecular flexibility index (Phi) is 8.95. The van der Waals surface area contributed by atoms with Crippen LogP contribution in [0.15, 0.2) is 40.9 Å². The van der Waals surface area contributed by atoms with Gasteiger partial charge in [-0.2, -0.15) is 0 Å². The van der Waals surface area contributed by atoms with Crippen LogP contribution in [0, 0.1) is 17.0 Å². The second-order valence-electron chi connectivity index (χ2n) is 6.50. The van der Waals surface area contributed by atoms with Crippen molar-refractivity contribution in [2.24, 2.45) is 0 Å². The molecule has 0 aliphatic rings. The van der Waals surface area contributed by atoms with Crippen molar-refractivity contribution in [3.63, 3.8) is 0 Å². The zero-order valence-corrected chi connectivity index (χ0v) is 18.8. The molecule has 0 heterocycles. The molecule has 2 amide bonds. The summed E-state index contributed by atoms with van der Waals surface area (Å²) in [5, 5.41) is 16.3. The Balaban J connectivity index is 1.70. The third-order valence-corrected chi connectivity index (χ3v) is 5.23. The highest BCUT2D eigenvalue weighted by atomic mass is 79.9. The normalized spacial score (nSPS) is 10.3. The number of nitro groups is 1. The quantitative estimate of drug-likeness (QED) is 0.287. The highest BCUT2D eigenvalue weighted by Gasteiger charge is 2.12. The fourth-order valence-electron chi connectivity index (χ4n) is 2.50. The highest BCUT2D eigenvalue weighted by molar-refractivity contribution is 9.10. The van der Waals surface area contributed by atoms with E-state index in [4.69, 9.17) is 16.3 Å². The number of non-ortho nitro benzene ring substituents is 1. The van der Waals surface area contributed by atoms with Crippen LogP contribution >= 0.6 is 27.5 Å². The van der Waals surface area contributed by atoms with E-state index < -0.39 is 29.3 Å². The van der Waals surface area contributed by atoms with Crippen molar-refractivity contribution < 1.29 is 24.0 Å². The first-order valence-corrected chi connectivity index (χ1v) is 10.3. The van der Waals surface area contributed by atoms with Crippen molar-refractivity contribution in [3.8, 4) is 0 Å². The molecule has 0 unspecified atom stereocenters. The van der Waals surface area contributed by atoms with Gasteiger partial charge in [-0.25, -0.2) is 0 Å². The van der Waals surface area contributed by atoms with Crippen LogP contribution in [0.1, 0.15) is 24.8 Å². The predicted octanol–water partition coefficient (Wildman–Crippen LogP) is 4.61. The van der Waals surface area contributed by atoms with Gasteiger partial charge in [0.15, 0.2) is 6.61 Å². The first-order valence-electron chi connectivity index (χ1n) is 9.11. The van der Waals surface area contributed by atoms with Crippen LogP contribution in [0.3, 0.4) is 0 Å². The largest absolute Gasteiger partial charge is 0.456 e. The average Bonchev–Trinajstić information content (AvgIpc) is 2.70. The molecule has 9 nitrogen and oxygen atoms in total. The molecular weight excluding hydrogens is 494 g/mol. The molecule has 11 heteroatoms. The Bertz CT molecular complexity index is 1010. The monoisotopic (exact) mass is 511 g/mol. The van der Waals surface area contributed by atoms with Crippen LogP contribution in [-0.2, 0) is 19.1 Å². The van der Waals surface area contributed by atoms with E-state index in [0.29, 0.717) is 20.9 Å². The first kappa shape index (κ1) is 24.3. The van der Waals surface area contributed by atoms with Crippen molar-refractivity contribution in [1.82, 2.24) is 0 Å². The summed E-state index contributed by atoms with van der Waals surface area (Å²) in [4.78, 5) is 45.9. The van der Waals surface area contributed by atoms with Crippen molar-refractivity contribution in [1.29, 1.82) is 0 Å². The molecule has 2 aromatic rings. The van der Waals surface area contributed by atoms with E-state index in [1.165, 1.54) is 24.3 Å². The number of amides is 2. The number of nitro benzene ring substituents is 1. The third kappa shape index (κ3) is 7.99. The summed E-state index contributed by atoms with van der Waals surface area (Å²) in [7, 11) is 0. The summed E-state index contributed by atoms with van der Waals surface area (Å²) < 4.78 is 5.61. The van der Waals surface area contributed by atoms with Gasteiger partial charge < -0.3 is 15.4 Å². The van der Waals surface area contributed by atoms with Crippen LogP contribution in [0.4, 0.5) is 17.1 Å². The molecular formula is C20H19BrClN3O6. The van der Waals surface area contributed by atoms with Gasteiger partial charge in [0, 0.05) is 40.8 Å². The second kappa shape index (κ2) is 11.4. The number of aryl methyl sites for hydroxylation is 1. The molecule has 0 bridgehead atoms. The van der Waals surface area contributed by atoms with E-state index in [1.54, 1.807) is 19.1 Å². The SMILES string of the molecule is Cc1cc(Br)c(Cl)cc1NC(=O)COC(=O)CCCC(=O)Nc1cccc([N+](=O)[O-])c1. The topological polar surface area (TPSA) is 128 Å². The molecule has 0 aliphatic carbocycles. The van der Waals surface area contributed by atoms with Crippen molar-refractivity contribution in [3.05, 3.63) is 61.6 Å². The molecule has 2 N–H and O–H groups in total. The smallest absolute Gasteiger partial charge is 0.306 e. The number of esters is 1. The Morgan fingerprint density at radius 3 is 2.58 bits per heavy atom. The maximum Gasteiger partial charge on any atom is 0.306 e. The van der Waals surface area contributed by atoms with Gasteiger partial charge in [0.05, 0.1) is 9.95 Å². The molecule has 0 radical (unpaired) electrons. The van der Waals surface area contributed by atoms with Gasteiger partial charge in [-0.1, -0.05) is 17.7 Å². The van der Waals surface area contributed by atoms with Crippen molar-refractivity contribution >= 4 is 62.4 Å². The number of nitrogens with one attached hydrogen (secondary N) is 2. The number of nitrogens with zero attached hydrogens (tertiary/aromatic N) is 1. The predicted molar refractivity (Wildman–Crippen MR) is 119 cm³/mol. The van der Waals surface area contributed by atoms with Gasteiger partial charge in [-0.15, -0.1) is 0 Å². The summed E-state index contributed by atoms with van der Waals surface area (Å²) in [6.45, 7) is 1.33. The van der Waals surface area contributed by atoms with Crippen LogP contribution in [-0.4, -0.2) is 29.3 Å². The fourth-order valence-corrected chi connectivity index (χ4v) is 3.12. The molecule has 0 spiro atoms. The van der Waals surface area contributed by atoms with Crippen molar-refractivity contribution in [2.45, 2.75) is 26.2 Å². The molecule has 31 heavy (non-hydrogen) atoms. The van der Waals surface area contributed by atoms with Crippen LogP contribution in [0.5, 0.6) is 0 Å². The zero-order valence-electron chi connectivity index (χ0n) is 16.4. The van der Waals surface area contributed by atoms with E-state index >= 15 is 0 Å². The number of ether oxygens (including phenoxy) is 1. The minimum Gasteiger partial charge on any atom is -0.456 e. The minimum absolute atomic E-state index is 0.0145. The van der Waals surface area contributed by atoms with E-state index in [0.717, 1.165) is 5.56 Å². The van der Waals surface area contributed by atoms with Crippen LogP contribution in [0.2, 0.25) is 5.02 Å². The summed E-state index contributed by atoms with van der Waals surface area (Å²) in [5.41, 5.74) is 1.44. The van der Waals surface area contributed by atoms with Crippen LogP contribution in [0.25, 0.3) is 0 Å². The lowest BCUT2D eigenvalue weighted by molar-refractivity contribution is -0.384. The highest BCUT2D eigenvalue weighted by Crippen LogP contribution is 2.28. The molecule has 164 valence electrons. The molecule has 0 saturated heterocycles. The third-order valence-electron chi connectivity index (χ3n) is 4.03. The van der Waals surface area contributed by atoms with Gasteiger partial charge in [0.1, 0.15) is 0 Å². The van der Waals surface area contributed by atoms with Gasteiger partial charge >= 0.3 is 5.97 Å². The second-order valence-corrected chi connectivity index (χ2v) is 7.76. The number of carbonyl (C=O) groups excluding carboxylic acids is 3. The van der Waals surface area contributed by atoms with Gasteiger partial charge in [-0.05, 0) is 53.0 Å². The van der Waals surface area contributed by atoms with Crippen molar-refractivity contribution in [2.75, 3.05) is 17.2 Å². The molecule has 0 fully saturated rings. The average molecular weight is 513 g/mol. The number of carbonyl (C=O) groups is 3. The minimum atomic E-state index is -0.621. The first-order chi connectivity index (χ1) is 14.7. The number of benzene rings is 2. The molecule has 0 aromatic heterocycles. The maximum atomic E-state index is 12.0. The van der Waals surface area contributed by atoms with Crippen LogP contribution < -0.4 is 10.6 Å². The zero-order chi connectivity index (χ0) is 23.0. The Morgan fingerprint density at radius 1 is 1.13 bits per heavy atom. The number of hydrogen-bond donors (Lipinski definition) is 2. The lowest BCUT2D eigenvalue weighted by Crippen LogP contribution is -2.21. The number of hydrogen-bond acceptors (Lipinski definition) is 6. The Hall–Kier alpha value is -2.98. The Morgan fingerprint density at radius 2 is 1.87 bits per heavy atom. The number of anilines is 2. The van der Waals surface area contributed by atoms with Gasteiger partial charge in [0.25, 0.3) is 11.6 Å². The van der Waals surface area contributed by atoms with Gasteiger partial charge in [-0.3, -0.25) is 24.5 Å². The molecule has 0 aliphatic heterocycles. The lowest BCUT2D eigenvalue weighted by atomic mass is 10.2. The van der Waals surface area contributed by atoms with E-state index in [1.807, 2.05) is 0 Å².